The molecule has 0 fully saturated rings. The second kappa shape index (κ2) is 8.85. The average Bonchev–Trinajstić information content (AvgIpc) is 3.72. The Morgan fingerprint density at radius 1 is 0.721 bits per heavy atom. The van der Waals surface area contributed by atoms with Gasteiger partial charge in [0, 0.05) is 42.9 Å². The number of thiophene rings is 1. The third-order valence-electron chi connectivity index (χ3n) is 8.73. The molecule has 9 rings (SSSR count). The SMILES string of the molecule is N#Cc1c(-n2c3c#cccc3c3ccccc32)c(-n2c3c(c4ccccc42)C=CCC3)c(C#N)c2c1sc1ccccc12. The largest absolute Gasteiger partial charge is 0.310 e. The lowest BCUT2D eigenvalue weighted by molar-refractivity contribution is 0.882. The van der Waals surface area contributed by atoms with Crippen molar-refractivity contribution in [2.45, 2.75) is 12.8 Å². The van der Waals surface area contributed by atoms with Crippen molar-refractivity contribution in [3.05, 3.63) is 126 Å². The molecule has 5 aromatic carbocycles. The second-order valence-electron chi connectivity index (χ2n) is 10.8. The zero-order chi connectivity index (χ0) is 28.7. The summed E-state index contributed by atoms with van der Waals surface area (Å²) in [6, 6.07) is 40.5. The van der Waals surface area contributed by atoms with E-state index in [2.05, 4.69) is 94.1 Å². The van der Waals surface area contributed by atoms with E-state index in [-0.39, 0.29) is 0 Å². The molecule has 43 heavy (non-hydrogen) atoms. The summed E-state index contributed by atoms with van der Waals surface area (Å²) in [5.41, 5.74) is 7.72. The summed E-state index contributed by atoms with van der Waals surface area (Å²) in [7, 11) is 0. The van der Waals surface area contributed by atoms with E-state index in [0.29, 0.717) is 16.8 Å². The van der Waals surface area contributed by atoms with Gasteiger partial charge in [-0.3, -0.25) is 4.57 Å². The summed E-state index contributed by atoms with van der Waals surface area (Å²) in [5.74, 6) is 0. The topological polar surface area (TPSA) is 57.4 Å². The van der Waals surface area contributed by atoms with Crippen molar-refractivity contribution in [2.75, 3.05) is 0 Å². The highest BCUT2D eigenvalue weighted by molar-refractivity contribution is 7.26. The highest BCUT2D eigenvalue weighted by Crippen LogP contribution is 2.47. The zero-order valence-electron chi connectivity index (χ0n) is 22.8. The van der Waals surface area contributed by atoms with Crippen LogP contribution in [-0.4, -0.2) is 9.13 Å². The minimum absolute atomic E-state index is 0.558. The van der Waals surface area contributed by atoms with E-state index in [4.69, 9.17) is 0 Å². The predicted octanol–water partition coefficient (Wildman–Crippen LogP) is 9.40. The van der Waals surface area contributed by atoms with Crippen molar-refractivity contribution >= 4 is 70.3 Å². The smallest absolute Gasteiger partial charge is 0.105 e. The van der Waals surface area contributed by atoms with Gasteiger partial charge in [-0.05, 0) is 49.2 Å². The van der Waals surface area contributed by atoms with Crippen LogP contribution in [0.15, 0.2) is 91.0 Å². The standard InChI is InChI=1S/C38H20N4S/c39-21-28-35-27-15-5-10-20-34(27)43-38(35)29(22-40)37(42-32-18-8-3-13-25(32)26-14-4-9-19-33(26)42)36(28)41-30-16-6-1-11-23(30)24-12-2-7-17-31(24)41/h1-6,8,10-16,18,20H,7,17H2. The fraction of sp³-hybridized carbons (Fsp3) is 0.0526. The first kappa shape index (κ1) is 23.9. The van der Waals surface area contributed by atoms with Crippen LogP contribution in [0.25, 0.3) is 70.3 Å². The summed E-state index contributed by atoms with van der Waals surface area (Å²) < 4.78 is 6.29. The van der Waals surface area contributed by atoms with Crippen LogP contribution in [0.4, 0.5) is 0 Å². The zero-order valence-corrected chi connectivity index (χ0v) is 23.7. The van der Waals surface area contributed by atoms with E-state index < -0.39 is 0 Å². The first-order valence-corrected chi connectivity index (χ1v) is 15.0. The Labute approximate surface area is 251 Å². The van der Waals surface area contributed by atoms with Gasteiger partial charge in [0.25, 0.3) is 0 Å². The molecule has 3 heterocycles. The van der Waals surface area contributed by atoms with Gasteiger partial charge in [0.1, 0.15) is 17.7 Å². The van der Waals surface area contributed by atoms with Crippen molar-refractivity contribution in [1.29, 1.82) is 10.5 Å². The van der Waals surface area contributed by atoms with E-state index in [1.54, 1.807) is 11.3 Å². The van der Waals surface area contributed by atoms with Gasteiger partial charge >= 0.3 is 0 Å². The van der Waals surface area contributed by atoms with Crippen molar-refractivity contribution in [3.8, 4) is 23.5 Å². The molecule has 0 unspecified atom stereocenters. The molecule has 0 atom stereocenters. The monoisotopic (exact) mass is 564 g/mol. The second-order valence-corrected chi connectivity index (χ2v) is 11.9. The van der Waals surface area contributed by atoms with Crippen LogP contribution in [0.2, 0.25) is 0 Å². The highest BCUT2D eigenvalue weighted by Gasteiger charge is 2.30. The summed E-state index contributed by atoms with van der Waals surface area (Å²) in [4.78, 5) is 0. The molecule has 0 spiro atoms. The molecule has 0 bridgehead atoms. The van der Waals surface area contributed by atoms with E-state index in [1.807, 2.05) is 36.4 Å². The van der Waals surface area contributed by atoms with Gasteiger partial charge in [-0.1, -0.05) is 72.8 Å². The number of para-hydroxylation sites is 2. The number of hydrogen-bond acceptors (Lipinski definition) is 3. The van der Waals surface area contributed by atoms with Gasteiger partial charge in [-0.2, -0.15) is 10.5 Å². The Bertz CT molecular complexity index is 2540. The lowest BCUT2D eigenvalue weighted by atomic mass is 9.98. The van der Waals surface area contributed by atoms with Gasteiger partial charge in [0.2, 0.25) is 0 Å². The van der Waals surface area contributed by atoms with Crippen LogP contribution in [0.5, 0.6) is 0 Å². The minimum atomic E-state index is 0.558. The third kappa shape index (κ3) is 3.08. The molecular formula is C38H20N4S. The molecule has 0 radical (unpaired) electrons. The molecule has 8 aromatic rings. The first-order chi connectivity index (χ1) is 21.3. The van der Waals surface area contributed by atoms with Crippen LogP contribution >= 0.6 is 11.3 Å². The normalized spacial score (nSPS) is 12.6. The molecule has 0 aliphatic heterocycles. The fourth-order valence-electron chi connectivity index (χ4n) is 7.03. The van der Waals surface area contributed by atoms with Gasteiger partial charge < -0.3 is 4.57 Å². The number of benzene rings is 4. The number of hydrogen-bond donors (Lipinski definition) is 0. The van der Waals surface area contributed by atoms with Crippen LogP contribution in [0.1, 0.15) is 28.8 Å². The lowest BCUT2D eigenvalue weighted by Gasteiger charge is -2.22. The summed E-state index contributed by atoms with van der Waals surface area (Å²) in [5, 5.41) is 27.2. The van der Waals surface area contributed by atoms with Crippen LogP contribution in [-0.2, 0) is 6.42 Å². The molecule has 1 aliphatic carbocycles. The number of rotatable bonds is 2. The van der Waals surface area contributed by atoms with Gasteiger partial charge in [-0.15, -0.1) is 11.3 Å². The Balaban J connectivity index is 1.61. The molecule has 3 aromatic heterocycles. The average molecular weight is 565 g/mol. The Kier molecular flexibility index (Phi) is 4.91. The van der Waals surface area contributed by atoms with Crippen molar-refractivity contribution in [1.82, 2.24) is 9.13 Å². The quantitative estimate of drug-likeness (QED) is 0.210. The minimum Gasteiger partial charge on any atom is -0.310 e. The molecule has 0 N–H and O–H groups in total. The summed E-state index contributed by atoms with van der Waals surface area (Å²) in [6.45, 7) is 0. The molecule has 1 aliphatic rings. The van der Waals surface area contributed by atoms with Crippen molar-refractivity contribution < 1.29 is 0 Å². The summed E-state index contributed by atoms with van der Waals surface area (Å²) >= 11 is 1.58. The van der Waals surface area contributed by atoms with Crippen LogP contribution in [0, 0.1) is 34.8 Å². The van der Waals surface area contributed by atoms with Crippen LogP contribution < -0.4 is 0 Å². The maximum Gasteiger partial charge on any atom is 0.105 e. The van der Waals surface area contributed by atoms with Gasteiger partial charge in [0.05, 0.1) is 38.2 Å². The van der Waals surface area contributed by atoms with E-state index >= 15 is 0 Å². The fourth-order valence-corrected chi connectivity index (χ4v) is 8.24. The van der Waals surface area contributed by atoms with E-state index in [1.165, 1.54) is 5.56 Å². The van der Waals surface area contributed by atoms with E-state index in [0.717, 1.165) is 77.1 Å². The third-order valence-corrected chi connectivity index (χ3v) is 9.92. The lowest BCUT2D eigenvalue weighted by Crippen LogP contribution is -2.12. The van der Waals surface area contributed by atoms with Gasteiger partial charge in [-0.25, -0.2) is 0 Å². The Hall–Kier alpha value is -5.80. The molecule has 198 valence electrons. The first-order valence-electron chi connectivity index (χ1n) is 14.2. The molecule has 4 nitrogen and oxygen atoms in total. The summed E-state index contributed by atoms with van der Waals surface area (Å²) in [6.07, 6.45) is 6.17. The van der Waals surface area contributed by atoms with Gasteiger partial charge in [0.15, 0.2) is 0 Å². The number of nitrogens with zero attached hydrogens (tertiary/aromatic N) is 4. The molecule has 5 heteroatoms. The molecule has 0 saturated carbocycles. The molecular weight excluding hydrogens is 545 g/mol. The maximum atomic E-state index is 11.1. The Morgan fingerprint density at radius 2 is 1.42 bits per heavy atom. The number of aromatic nitrogens is 2. The highest BCUT2D eigenvalue weighted by atomic mass is 32.1. The predicted molar refractivity (Wildman–Crippen MR) is 175 cm³/mol. The van der Waals surface area contributed by atoms with Crippen molar-refractivity contribution in [3.63, 3.8) is 0 Å². The number of allylic oxidation sites excluding steroid dienone is 1. The Morgan fingerprint density at radius 3 is 2.23 bits per heavy atom. The van der Waals surface area contributed by atoms with E-state index in [9.17, 15) is 10.5 Å². The number of fused-ring (bicyclic) bond motifs is 9. The molecule has 0 amide bonds. The number of nitriles is 2. The maximum absolute atomic E-state index is 11.1. The molecule has 0 saturated heterocycles. The van der Waals surface area contributed by atoms with Crippen molar-refractivity contribution in [2.24, 2.45) is 0 Å². The van der Waals surface area contributed by atoms with Crippen LogP contribution in [0.3, 0.4) is 0 Å².